The zero-order valence-electron chi connectivity index (χ0n) is 8.81. The SMILES string of the molecule is Clc1cc2nnc(-c3ccc(Cl)c(Cl)c3)n2cn1. The summed E-state index contributed by atoms with van der Waals surface area (Å²) in [6, 6.07) is 6.90. The Labute approximate surface area is 117 Å². The van der Waals surface area contributed by atoms with E-state index in [9.17, 15) is 0 Å². The smallest absolute Gasteiger partial charge is 0.169 e. The Morgan fingerprint density at radius 3 is 2.56 bits per heavy atom. The van der Waals surface area contributed by atoms with E-state index >= 15 is 0 Å². The molecule has 0 N–H and O–H groups in total. The third-order valence-electron chi connectivity index (χ3n) is 2.44. The Morgan fingerprint density at radius 1 is 0.944 bits per heavy atom. The van der Waals surface area contributed by atoms with Gasteiger partial charge in [-0.1, -0.05) is 34.8 Å². The minimum atomic E-state index is 0.371. The summed E-state index contributed by atoms with van der Waals surface area (Å²) in [5, 5.41) is 9.44. The normalized spacial score (nSPS) is 11.1. The Balaban J connectivity index is 2.22. The summed E-state index contributed by atoms with van der Waals surface area (Å²) in [5.41, 5.74) is 1.43. The van der Waals surface area contributed by atoms with E-state index in [1.807, 2.05) is 6.07 Å². The van der Waals surface area contributed by atoms with Gasteiger partial charge in [-0.05, 0) is 18.2 Å². The summed E-state index contributed by atoms with van der Waals surface area (Å²) in [6.07, 6.45) is 1.56. The third-order valence-corrected chi connectivity index (χ3v) is 3.39. The van der Waals surface area contributed by atoms with Crippen molar-refractivity contribution >= 4 is 40.4 Å². The lowest BCUT2D eigenvalue weighted by Crippen LogP contribution is -1.91. The second-order valence-electron chi connectivity index (χ2n) is 3.59. The molecule has 4 nitrogen and oxygen atoms in total. The summed E-state index contributed by atoms with van der Waals surface area (Å²) in [5.74, 6) is 0.632. The minimum Gasteiger partial charge on any atom is -0.265 e. The Hall–Kier alpha value is -1.36. The highest BCUT2D eigenvalue weighted by molar-refractivity contribution is 6.42. The average molecular weight is 300 g/mol. The molecule has 0 bridgehead atoms. The summed E-state index contributed by atoms with van der Waals surface area (Å²) in [7, 11) is 0. The van der Waals surface area contributed by atoms with Gasteiger partial charge >= 0.3 is 0 Å². The van der Waals surface area contributed by atoms with E-state index in [4.69, 9.17) is 34.8 Å². The van der Waals surface area contributed by atoms with E-state index in [1.54, 1.807) is 28.9 Å². The van der Waals surface area contributed by atoms with E-state index in [1.165, 1.54) is 0 Å². The number of aromatic nitrogens is 4. The van der Waals surface area contributed by atoms with Crippen LogP contribution in [0, 0.1) is 0 Å². The fourth-order valence-corrected chi connectivity index (χ4v) is 2.04. The van der Waals surface area contributed by atoms with E-state index < -0.39 is 0 Å². The molecule has 3 aromatic rings. The van der Waals surface area contributed by atoms with Gasteiger partial charge in [-0.3, -0.25) is 4.40 Å². The highest BCUT2D eigenvalue weighted by Gasteiger charge is 2.10. The van der Waals surface area contributed by atoms with Crippen LogP contribution in [-0.2, 0) is 0 Å². The number of rotatable bonds is 1. The van der Waals surface area contributed by atoms with Crippen LogP contribution in [0.2, 0.25) is 15.2 Å². The maximum absolute atomic E-state index is 5.98. The Kier molecular flexibility index (Phi) is 2.86. The zero-order valence-corrected chi connectivity index (χ0v) is 11.1. The van der Waals surface area contributed by atoms with Crippen molar-refractivity contribution in [2.24, 2.45) is 0 Å². The predicted molar refractivity (Wildman–Crippen MR) is 71.2 cm³/mol. The molecule has 0 radical (unpaired) electrons. The maximum atomic E-state index is 5.98. The first kappa shape index (κ1) is 11.7. The first-order valence-electron chi connectivity index (χ1n) is 4.97. The van der Waals surface area contributed by atoms with Gasteiger partial charge in [-0.2, -0.15) is 0 Å². The van der Waals surface area contributed by atoms with Gasteiger partial charge in [0.05, 0.1) is 10.0 Å². The van der Waals surface area contributed by atoms with Crippen LogP contribution in [0.1, 0.15) is 0 Å². The van der Waals surface area contributed by atoms with E-state index in [0.29, 0.717) is 26.7 Å². The Morgan fingerprint density at radius 2 is 1.78 bits per heavy atom. The molecule has 2 aromatic heterocycles. The van der Waals surface area contributed by atoms with Crippen LogP contribution in [0.15, 0.2) is 30.6 Å². The predicted octanol–water partition coefficient (Wildman–Crippen LogP) is 3.75. The fraction of sp³-hybridized carbons (Fsp3) is 0. The van der Waals surface area contributed by atoms with Crippen LogP contribution in [0.5, 0.6) is 0 Å². The van der Waals surface area contributed by atoms with Gasteiger partial charge in [0.15, 0.2) is 11.5 Å². The molecular formula is C11H5Cl3N4. The molecule has 18 heavy (non-hydrogen) atoms. The molecule has 0 aliphatic carbocycles. The van der Waals surface area contributed by atoms with Crippen molar-refractivity contribution in [3.8, 4) is 11.4 Å². The largest absolute Gasteiger partial charge is 0.265 e. The van der Waals surface area contributed by atoms with Gasteiger partial charge < -0.3 is 0 Å². The molecule has 7 heteroatoms. The molecule has 0 saturated heterocycles. The van der Waals surface area contributed by atoms with Gasteiger partial charge in [-0.15, -0.1) is 10.2 Å². The number of hydrogen-bond donors (Lipinski definition) is 0. The molecule has 2 heterocycles. The molecule has 3 rings (SSSR count). The minimum absolute atomic E-state index is 0.371. The fourth-order valence-electron chi connectivity index (χ4n) is 1.60. The molecule has 0 spiro atoms. The van der Waals surface area contributed by atoms with Gasteiger partial charge in [0.2, 0.25) is 0 Å². The summed E-state index contributed by atoms with van der Waals surface area (Å²) in [4.78, 5) is 4.00. The highest BCUT2D eigenvalue weighted by Crippen LogP contribution is 2.27. The molecule has 0 amide bonds. The number of fused-ring (bicyclic) bond motifs is 1. The second-order valence-corrected chi connectivity index (χ2v) is 4.79. The van der Waals surface area contributed by atoms with E-state index in [0.717, 1.165) is 5.56 Å². The molecule has 0 fully saturated rings. The van der Waals surface area contributed by atoms with Gasteiger partial charge in [0, 0.05) is 11.6 Å². The van der Waals surface area contributed by atoms with E-state index in [-0.39, 0.29) is 0 Å². The highest BCUT2D eigenvalue weighted by atomic mass is 35.5. The lowest BCUT2D eigenvalue weighted by molar-refractivity contribution is 1.08. The van der Waals surface area contributed by atoms with E-state index in [2.05, 4.69) is 15.2 Å². The van der Waals surface area contributed by atoms with Crippen LogP contribution >= 0.6 is 34.8 Å². The summed E-state index contributed by atoms with van der Waals surface area (Å²) >= 11 is 17.6. The van der Waals surface area contributed by atoms with Crippen molar-refractivity contribution in [2.45, 2.75) is 0 Å². The van der Waals surface area contributed by atoms with Crippen molar-refractivity contribution in [1.82, 2.24) is 19.6 Å². The summed E-state index contributed by atoms with van der Waals surface area (Å²) < 4.78 is 1.73. The van der Waals surface area contributed by atoms with Crippen LogP contribution in [0.4, 0.5) is 0 Å². The van der Waals surface area contributed by atoms with Gasteiger partial charge in [0.1, 0.15) is 11.5 Å². The Bertz CT molecular complexity index is 738. The van der Waals surface area contributed by atoms with Crippen molar-refractivity contribution in [3.63, 3.8) is 0 Å². The zero-order chi connectivity index (χ0) is 12.7. The second kappa shape index (κ2) is 4.39. The van der Waals surface area contributed by atoms with Crippen LogP contribution < -0.4 is 0 Å². The third kappa shape index (κ3) is 1.92. The van der Waals surface area contributed by atoms with Gasteiger partial charge in [-0.25, -0.2) is 4.98 Å². The number of benzene rings is 1. The molecule has 0 atom stereocenters. The lowest BCUT2D eigenvalue weighted by atomic mass is 10.2. The maximum Gasteiger partial charge on any atom is 0.169 e. The van der Waals surface area contributed by atoms with Crippen LogP contribution in [0.3, 0.4) is 0 Å². The lowest BCUT2D eigenvalue weighted by Gasteiger charge is -2.01. The van der Waals surface area contributed by atoms with Crippen LogP contribution in [0.25, 0.3) is 17.0 Å². The topological polar surface area (TPSA) is 43.1 Å². The molecule has 1 aromatic carbocycles. The molecule has 0 aliphatic heterocycles. The number of halogens is 3. The summed E-state index contributed by atoms with van der Waals surface area (Å²) in [6.45, 7) is 0. The number of hydrogen-bond acceptors (Lipinski definition) is 3. The average Bonchev–Trinajstić information content (AvgIpc) is 2.75. The number of nitrogens with zero attached hydrogens (tertiary/aromatic N) is 4. The van der Waals surface area contributed by atoms with Crippen molar-refractivity contribution < 1.29 is 0 Å². The van der Waals surface area contributed by atoms with Crippen molar-refractivity contribution in [2.75, 3.05) is 0 Å². The first-order valence-corrected chi connectivity index (χ1v) is 6.10. The monoisotopic (exact) mass is 298 g/mol. The van der Waals surface area contributed by atoms with Gasteiger partial charge in [0.25, 0.3) is 0 Å². The molecule has 0 unspecified atom stereocenters. The standard InChI is InChI=1S/C11H5Cl3N4/c12-7-2-1-6(3-8(7)13)11-17-16-10-4-9(14)15-5-18(10)11/h1-5H. The quantitative estimate of drug-likeness (QED) is 0.643. The molecule has 0 aliphatic rings. The van der Waals surface area contributed by atoms with Crippen molar-refractivity contribution in [3.05, 3.63) is 45.8 Å². The van der Waals surface area contributed by atoms with Crippen molar-refractivity contribution in [1.29, 1.82) is 0 Å². The molecule has 0 saturated carbocycles. The molecule has 90 valence electrons. The molecular weight excluding hydrogens is 295 g/mol. The van der Waals surface area contributed by atoms with Crippen LogP contribution in [-0.4, -0.2) is 19.6 Å². The first-order chi connectivity index (χ1) is 8.65.